The Bertz CT molecular complexity index is 839. The molecule has 0 aliphatic carbocycles. The van der Waals surface area contributed by atoms with Crippen LogP contribution in [0.4, 0.5) is 0 Å². The second-order valence-corrected chi connectivity index (χ2v) is 6.56. The lowest BCUT2D eigenvalue weighted by atomic mass is 10.1. The van der Waals surface area contributed by atoms with Crippen LogP contribution in [-0.2, 0) is 11.3 Å². The van der Waals surface area contributed by atoms with Gasteiger partial charge in [-0.1, -0.05) is 12.1 Å². The van der Waals surface area contributed by atoms with Gasteiger partial charge in [0.25, 0.3) is 5.91 Å². The van der Waals surface area contributed by atoms with Crippen molar-refractivity contribution in [2.45, 2.75) is 6.54 Å². The monoisotopic (exact) mass is 358 g/mol. The van der Waals surface area contributed by atoms with E-state index >= 15 is 0 Å². The zero-order valence-corrected chi connectivity index (χ0v) is 14.4. The van der Waals surface area contributed by atoms with Crippen molar-refractivity contribution >= 4 is 34.6 Å². The number of hydrogen-bond donors (Lipinski definition) is 1. The molecule has 5 nitrogen and oxygen atoms in total. The molecule has 0 fully saturated rings. The van der Waals surface area contributed by atoms with Crippen molar-refractivity contribution in [1.29, 1.82) is 0 Å². The number of benzene rings is 1. The number of hydrogen-bond acceptors (Lipinski definition) is 6. The van der Waals surface area contributed by atoms with Crippen LogP contribution in [0.1, 0.15) is 26.4 Å². The number of thiophene rings is 1. The van der Waals surface area contributed by atoms with Gasteiger partial charge in [0.1, 0.15) is 10.7 Å². The van der Waals surface area contributed by atoms with Crippen molar-refractivity contribution in [1.82, 2.24) is 10.3 Å². The maximum absolute atomic E-state index is 12.2. The fourth-order valence-electron chi connectivity index (χ4n) is 2.05. The molecule has 122 valence electrons. The molecule has 7 heteroatoms. The number of methoxy groups -OCH3 is 1. The third-order valence-corrected chi connectivity index (χ3v) is 4.91. The molecule has 0 atom stereocenters. The molecule has 0 unspecified atom stereocenters. The fourth-order valence-corrected chi connectivity index (χ4v) is 3.56. The molecule has 2 heterocycles. The predicted octanol–water partition coefficient (Wildman–Crippen LogP) is 3.59. The van der Waals surface area contributed by atoms with E-state index in [2.05, 4.69) is 15.0 Å². The smallest absolute Gasteiger partial charge is 0.337 e. The molecule has 3 aromatic rings. The molecule has 0 saturated heterocycles. The summed E-state index contributed by atoms with van der Waals surface area (Å²) in [7, 11) is 1.34. The lowest BCUT2D eigenvalue weighted by Crippen LogP contribution is -2.23. The SMILES string of the molecule is COC(=O)c1ccc(CNC(=O)c2csc(-c3ccsc3)n2)cc1. The third kappa shape index (κ3) is 3.69. The summed E-state index contributed by atoms with van der Waals surface area (Å²) >= 11 is 3.05. The van der Waals surface area contributed by atoms with Crippen molar-refractivity contribution in [3.63, 3.8) is 0 Å². The minimum absolute atomic E-state index is 0.218. The van der Waals surface area contributed by atoms with Crippen molar-refractivity contribution in [3.8, 4) is 10.6 Å². The maximum Gasteiger partial charge on any atom is 0.337 e. The second kappa shape index (κ2) is 7.37. The summed E-state index contributed by atoms with van der Waals surface area (Å²) < 4.78 is 4.65. The average Bonchev–Trinajstić information content (AvgIpc) is 3.30. The number of thiazole rings is 1. The minimum Gasteiger partial charge on any atom is -0.465 e. The highest BCUT2D eigenvalue weighted by molar-refractivity contribution is 7.14. The van der Waals surface area contributed by atoms with Gasteiger partial charge in [-0.05, 0) is 29.1 Å². The Kier molecular flexibility index (Phi) is 5.02. The number of carbonyl (C=O) groups is 2. The van der Waals surface area contributed by atoms with Crippen molar-refractivity contribution < 1.29 is 14.3 Å². The Morgan fingerprint density at radius 2 is 1.96 bits per heavy atom. The number of nitrogens with zero attached hydrogens (tertiary/aromatic N) is 1. The average molecular weight is 358 g/mol. The number of aromatic nitrogens is 1. The van der Waals surface area contributed by atoms with Crippen LogP contribution >= 0.6 is 22.7 Å². The van der Waals surface area contributed by atoms with E-state index in [1.54, 1.807) is 41.0 Å². The normalized spacial score (nSPS) is 10.4. The molecule has 0 bridgehead atoms. The first-order chi connectivity index (χ1) is 11.7. The van der Waals surface area contributed by atoms with Crippen molar-refractivity contribution in [3.05, 3.63) is 63.3 Å². The number of nitrogens with one attached hydrogen (secondary N) is 1. The summed E-state index contributed by atoms with van der Waals surface area (Å²) in [6.45, 7) is 0.367. The van der Waals surface area contributed by atoms with Gasteiger partial charge in [0, 0.05) is 22.9 Å². The molecular formula is C17H14N2O3S2. The van der Waals surface area contributed by atoms with Gasteiger partial charge < -0.3 is 10.1 Å². The highest BCUT2D eigenvalue weighted by atomic mass is 32.1. The summed E-state index contributed by atoms with van der Waals surface area (Å²) in [5, 5.41) is 9.40. The molecule has 1 aromatic carbocycles. The van der Waals surface area contributed by atoms with Crippen LogP contribution in [0, 0.1) is 0 Å². The van der Waals surface area contributed by atoms with Gasteiger partial charge in [0.05, 0.1) is 12.7 Å². The summed E-state index contributed by atoms with van der Waals surface area (Å²) in [5.41, 5.74) is 2.81. The van der Waals surface area contributed by atoms with Gasteiger partial charge in [-0.2, -0.15) is 11.3 Å². The molecule has 2 aromatic heterocycles. The Labute approximate surface area is 146 Å². The number of amides is 1. The van der Waals surface area contributed by atoms with Gasteiger partial charge in [-0.3, -0.25) is 4.79 Å². The number of carbonyl (C=O) groups excluding carboxylic acids is 2. The maximum atomic E-state index is 12.2. The molecule has 1 N–H and O–H groups in total. The third-order valence-electron chi connectivity index (χ3n) is 3.33. The highest BCUT2D eigenvalue weighted by Gasteiger charge is 2.12. The summed E-state index contributed by atoms with van der Waals surface area (Å²) in [4.78, 5) is 27.9. The molecule has 1 amide bonds. The lowest BCUT2D eigenvalue weighted by Gasteiger charge is -2.04. The molecule has 24 heavy (non-hydrogen) atoms. The van der Waals surface area contributed by atoms with E-state index in [9.17, 15) is 9.59 Å². The predicted molar refractivity (Wildman–Crippen MR) is 94.4 cm³/mol. The van der Waals surface area contributed by atoms with Crippen LogP contribution < -0.4 is 5.32 Å². The van der Waals surface area contributed by atoms with E-state index < -0.39 is 0 Å². The van der Waals surface area contributed by atoms with E-state index in [4.69, 9.17) is 0 Å². The Hall–Kier alpha value is -2.51. The molecule has 0 spiro atoms. The van der Waals surface area contributed by atoms with Crippen LogP contribution in [0.2, 0.25) is 0 Å². The van der Waals surface area contributed by atoms with E-state index in [1.165, 1.54) is 18.4 Å². The molecule has 0 aliphatic rings. The van der Waals surface area contributed by atoms with Crippen LogP contribution in [0.3, 0.4) is 0 Å². The molecule has 0 radical (unpaired) electrons. The zero-order valence-electron chi connectivity index (χ0n) is 12.8. The Morgan fingerprint density at radius 1 is 1.17 bits per heavy atom. The fraction of sp³-hybridized carbons (Fsp3) is 0.118. The molecule has 3 rings (SSSR count). The van der Waals surface area contributed by atoms with Gasteiger partial charge in [0.2, 0.25) is 0 Å². The summed E-state index contributed by atoms with van der Waals surface area (Å²) in [5.74, 6) is -0.598. The van der Waals surface area contributed by atoms with E-state index in [0.717, 1.165) is 16.1 Å². The largest absolute Gasteiger partial charge is 0.465 e. The molecule has 0 aliphatic heterocycles. The quantitative estimate of drug-likeness (QED) is 0.708. The van der Waals surface area contributed by atoms with Gasteiger partial charge in [-0.15, -0.1) is 11.3 Å². The minimum atomic E-state index is -0.381. The van der Waals surface area contributed by atoms with Gasteiger partial charge in [0.15, 0.2) is 0 Å². The highest BCUT2D eigenvalue weighted by Crippen LogP contribution is 2.25. The summed E-state index contributed by atoms with van der Waals surface area (Å²) in [6.07, 6.45) is 0. The second-order valence-electron chi connectivity index (χ2n) is 4.92. The number of esters is 1. The van der Waals surface area contributed by atoms with Crippen LogP contribution in [-0.4, -0.2) is 24.0 Å². The number of rotatable bonds is 5. The molecule has 0 saturated carbocycles. The standard InChI is InChI=1S/C17H14N2O3S2/c1-22-17(21)12-4-2-11(3-5-12)8-18-15(20)14-10-24-16(19-14)13-6-7-23-9-13/h2-7,9-10H,8H2,1H3,(H,18,20). The van der Waals surface area contributed by atoms with Crippen LogP contribution in [0.5, 0.6) is 0 Å². The first-order valence-electron chi connectivity index (χ1n) is 7.11. The topological polar surface area (TPSA) is 68.3 Å². The van der Waals surface area contributed by atoms with Crippen molar-refractivity contribution in [2.24, 2.45) is 0 Å². The summed E-state index contributed by atoms with van der Waals surface area (Å²) in [6, 6.07) is 8.89. The van der Waals surface area contributed by atoms with Crippen LogP contribution in [0.15, 0.2) is 46.5 Å². The van der Waals surface area contributed by atoms with Gasteiger partial charge >= 0.3 is 5.97 Å². The molecular weight excluding hydrogens is 344 g/mol. The van der Waals surface area contributed by atoms with E-state index in [-0.39, 0.29) is 11.9 Å². The van der Waals surface area contributed by atoms with Crippen molar-refractivity contribution in [2.75, 3.05) is 7.11 Å². The Morgan fingerprint density at radius 3 is 2.62 bits per heavy atom. The van der Waals surface area contributed by atoms with Crippen LogP contribution in [0.25, 0.3) is 10.6 Å². The Balaban J connectivity index is 1.60. The zero-order chi connectivity index (χ0) is 16.9. The lowest BCUT2D eigenvalue weighted by molar-refractivity contribution is 0.0600. The van der Waals surface area contributed by atoms with E-state index in [0.29, 0.717) is 17.8 Å². The van der Waals surface area contributed by atoms with E-state index in [1.807, 2.05) is 16.8 Å². The number of ether oxygens (including phenoxy) is 1. The first kappa shape index (κ1) is 16.4. The first-order valence-corrected chi connectivity index (χ1v) is 8.93. The van der Waals surface area contributed by atoms with Gasteiger partial charge in [-0.25, -0.2) is 9.78 Å².